The number of nitrogens with one attached hydrogen (secondary N) is 1. The summed E-state index contributed by atoms with van der Waals surface area (Å²) in [5, 5.41) is 3.28. The molecule has 2 aromatic rings. The molecule has 1 unspecified atom stereocenters. The van der Waals surface area contributed by atoms with E-state index in [0.717, 1.165) is 10.0 Å². The molecule has 1 aromatic heterocycles. The molecule has 0 saturated carbocycles. The van der Waals surface area contributed by atoms with E-state index < -0.39 is 0 Å². The Kier molecular flexibility index (Phi) is 4.76. The van der Waals surface area contributed by atoms with E-state index in [1.54, 1.807) is 11.3 Å². The zero-order chi connectivity index (χ0) is 14.0. The van der Waals surface area contributed by atoms with Crippen molar-refractivity contribution in [3.05, 3.63) is 55.4 Å². The number of rotatable bonds is 4. The van der Waals surface area contributed by atoms with Crippen molar-refractivity contribution < 1.29 is 4.39 Å². The van der Waals surface area contributed by atoms with Crippen LogP contribution >= 0.6 is 27.3 Å². The van der Waals surface area contributed by atoms with Gasteiger partial charge in [0.25, 0.3) is 0 Å². The number of benzene rings is 1. The standard InChI is InChI=1S/C15H17BrFNS/c1-9-6-15(19-10(9)2)14(18-3)7-11-4-5-12(16)8-13(11)17/h4-6,8,14,18H,7H2,1-3H3. The molecule has 0 amide bonds. The number of thiophene rings is 1. The summed E-state index contributed by atoms with van der Waals surface area (Å²) in [5.41, 5.74) is 2.04. The number of aryl methyl sites for hydroxylation is 2. The molecule has 2 rings (SSSR count). The topological polar surface area (TPSA) is 12.0 Å². The molecule has 1 atom stereocenters. The fourth-order valence-electron chi connectivity index (χ4n) is 2.03. The molecule has 0 fully saturated rings. The first-order chi connectivity index (χ1) is 9.01. The molecular formula is C15H17BrFNS. The van der Waals surface area contributed by atoms with Crippen LogP contribution < -0.4 is 5.32 Å². The van der Waals surface area contributed by atoms with Gasteiger partial charge in [-0.15, -0.1) is 11.3 Å². The molecule has 1 heterocycles. The van der Waals surface area contributed by atoms with Gasteiger partial charge < -0.3 is 5.32 Å². The van der Waals surface area contributed by atoms with E-state index in [2.05, 4.69) is 41.2 Å². The smallest absolute Gasteiger partial charge is 0.127 e. The maximum Gasteiger partial charge on any atom is 0.127 e. The van der Waals surface area contributed by atoms with Gasteiger partial charge in [0.2, 0.25) is 0 Å². The maximum atomic E-state index is 13.9. The van der Waals surface area contributed by atoms with Crippen LogP contribution in [0.2, 0.25) is 0 Å². The van der Waals surface area contributed by atoms with Crippen molar-refractivity contribution in [3.8, 4) is 0 Å². The first kappa shape index (κ1) is 14.7. The van der Waals surface area contributed by atoms with Gasteiger partial charge in [-0.2, -0.15) is 0 Å². The van der Waals surface area contributed by atoms with E-state index in [4.69, 9.17) is 0 Å². The molecule has 0 bridgehead atoms. The summed E-state index contributed by atoms with van der Waals surface area (Å²) in [7, 11) is 1.92. The fourth-order valence-corrected chi connectivity index (χ4v) is 3.51. The van der Waals surface area contributed by atoms with E-state index in [1.165, 1.54) is 21.4 Å². The lowest BCUT2D eigenvalue weighted by Crippen LogP contribution is -2.18. The van der Waals surface area contributed by atoms with Crippen molar-refractivity contribution in [2.45, 2.75) is 26.3 Å². The third-order valence-corrected chi connectivity index (χ3v) is 5.08. The highest BCUT2D eigenvalue weighted by Gasteiger charge is 2.15. The second kappa shape index (κ2) is 6.16. The number of likely N-dealkylation sites (N-methyl/N-ethyl adjacent to an activating group) is 1. The van der Waals surface area contributed by atoms with Gasteiger partial charge in [0, 0.05) is 20.3 Å². The third kappa shape index (κ3) is 3.44. The summed E-state index contributed by atoms with van der Waals surface area (Å²) in [6, 6.07) is 7.60. The molecule has 1 aromatic carbocycles. The van der Waals surface area contributed by atoms with Gasteiger partial charge in [-0.25, -0.2) is 4.39 Å². The van der Waals surface area contributed by atoms with Gasteiger partial charge in [0.05, 0.1) is 0 Å². The van der Waals surface area contributed by atoms with Gasteiger partial charge in [0.1, 0.15) is 5.82 Å². The molecule has 102 valence electrons. The average Bonchev–Trinajstić information content (AvgIpc) is 2.68. The van der Waals surface area contributed by atoms with Crippen molar-refractivity contribution in [1.29, 1.82) is 0 Å². The molecule has 19 heavy (non-hydrogen) atoms. The van der Waals surface area contributed by atoms with Crippen LogP contribution in [0.4, 0.5) is 4.39 Å². The summed E-state index contributed by atoms with van der Waals surface area (Å²) >= 11 is 5.06. The molecule has 0 saturated heterocycles. The molecule has 0 radical (unpaired) electrons. The molecule has 1 N–H and O–H groups in total. The molecular weight excluding hydrogens is 325 g/mol. The molecule has 0 aliphatic carbocycles. The monoisotopic (exact) mass is 341 g/mol. The van der Waals surface area contributed by atoms with Crippen LogP contribution in [0.15, 0.2) is 28.7 Å². The average molecular weight is 342 g/mol. The number of hydrogen-bond donors (Lipinski definition) is 1. The first-order valence-corrected chi connectivity index (χ1v) is 7.80. The van der Waals surface area contributed by atoms with Crippen molar-refractivity contribution >= 4 is 27.3 Å². The van der Waals surface area contributed by atoms with Gasteiger partial charge >= 0.3 is 0 Å². The lowest BCUT2D eigenvalue weighted by Gasteiger charge is -2.15. The van der Waals surface area contributed by atoms with E-state index in [0.29, 0.717) is 6.42 Å². The normalized spacial score (nSPS) is 12.7. The quantitative estimate of drug-likeness (QED) is 0.844. The predicted octanol–water partition coefficient (Wildman–Crippen LogP) is 4.77. The highest BCUT2D eigenvalue weighted by atomic mass is 79.9. The van der Waals surface area contributed by atoms with Crippen LogP contribution in [0.5, 0.6) is 0 Å². The fraction of sp³-hybridized carbons (Fsp3) is 0.333. The summed E-state index contributed by atoms with van der Waals surface area (Å²) in [6.45, 7) is 4.23. The van der Waals surface area contributed by atoms with E-state index in [1.807, 2.05) is 19.2 Å². The molecule has 0 spiro atoms. The highest BCUT2D eigenvalue weighted by Crippen LogP contribution is 2.29. The summed E-state index contributed by atoms with van der Waals surface area (Å²) < 4.78 is 14.7. The zero-order valence-electron chi connectivity index (χ0n) is 11.3. The minimum Gasteiger partial charge on any atom is -0.312 e. The first-order valence-electron chi connectivity index (χ1n) is 6.19. The van der Waals surface area contributed by atoms with Crippen molar-refractivity contribution in [3.63, 3.8) is 0 Å². The second-order valence-corrected chi connectivity index (χ2v) is 6.87. The van der Waals surface area contributed by atoms with Crippen molar-refractivity contribution in [2.24, 2.45) is 0 Å². The molecule has 4 heteroatoms. The highest BCUT2D eigenvalue weighted by molar-refractivity contribution is 9.10. The Hall–Kier alpha value is -0.710. The van der Waals surface area contributed by atoms with E-state index in [9.17, 15) is 4.39 Å². The largest absolute Gasteiger partial charge is 0.312 e. The number of halogens is 2. The minimum absolute atomic E-state index is 0.153. The maximum absolute atomic E-state index is 13.9. The SMILES string of the molecule is CNC(Cc1ccc(Br)cc1F)c1cc(C)c(C)s1. The Morgan fingerprint density at radius 3 is 2.58 bits per heavy atom. The van der Waals surface area contributed by atoms with Gasteiger partial charge in [-0.3, -0.25) is 0 Å². The zero-order valence-corrected chi connectivity index (χ0v) is 13.7. The van der Waals surface area contributed by atoms with Crippen molar-refractivity contribution in [1.82, 2.24) is 5.32 Å². The Bertz CT molecular complexity index is 560. The van der Waals surface area contributed by atoms with Crippen molar-refractivity contribution in [2.75, 3.05) is 7.05 Å². The summed E-state index contributed by atoms with van der Waals surface area (Å²) in [5.74, 6) is -0.153. The Balaban J connectivity index is 2.23. The van der Waals surface area contributed by atoms with Crippen LogP contribution in [0.1, 0.15) is 26.9 Å². The minimum atomic E-state index is -0.153. The Labute approximate surface area is 126 Å². The lowest BCUT2D eigenvalue weighted by atomic mass is 10.0. The van der Waals surface area contributed by atoms with Gasteiger partial charge in [0.15, 0.2) is 0 Å². The van der Waals surface area contributed by atoms with Crippen LogP contribution in [0.3, 0.4) is 0 Å². The van der Waals surface area contributed by atoms with E-state index >= 15 is 0 Å². The molecule has 1 nitrogen and oxygen atoms in total. The Morgan fingerprint density at radius 1 is 1.32 bits per heavy atom. The predicted molar refractivity (Wildman–Crippen MR) is 83.4 cm³/mol. The molecule has 0 aliphatic rings. The lowest BCUT2D eigenvalue weighted by molar-refractivity contribution is 0.559. The third-order valence-electron chi connectivity index (χ3n) is 3.32. The number of hydrogen-bond acceptors (Lipinski definition) is 2. The van der Waals surface area contributed by atoms with Gasteiger partial charge in [-0.1, -0.05) is 22.0 Å². The van der Waals surface area contributed by atoms with E-state index in [-0.39, 0.29) is 11.9 Å². The summed E-state index contributed by atoms with van der Waals surface area (Å²) in [6.07, 6.45) is 0.662. The summed E-state index contributed by atoms with van der Waals surface area (Å²) in [4.78, 5) is 2.59. The van der Waals surface area contributed by atoms with Gasteiger partial charge in [-0.05, 0) is 56.6 Å². The van der Waals surface area contributed by atoms with Crippen LogP contribution in [-0.2, 0) is 6.42 Å². The second-order valence-electron chi connectivity index (χ2n) is 4.67. The van der Waals surface area contributed by atoms with Crippen LogP contribution in [-0.4, -0.2) is 7.05 Å². The molecule has 0 aliphatic heterocycles. The van der Waals surface area contributed by atoms with Crippen LogP contribution in [0, 0.1) is 19.7 Å². The van der Waals surface area contributed by atoms with Crippen LogP contribution in [0.25, 0.3) is 0 Å². The Morgan fingerprint density at radius 2 is 2.05 bits per heavy atom.